The SMILES string of the molecule is CC(C)(C)CC(N)Cc1nnc2n1CCCCC2. The summed E-state index contributed by atoms with van der Waals surface area (Å²) in [5.74, 6) is 2.24. The van der Waals surface area contributed by atoms with Crippen LogP contribution in [0.25, 0.3) is 0 Å². The average Bonchev–Trinajstić information content (AvgIpc) is 2.47. The van der Waals surface area contributed by atoms with Gasteiger partial charge in [0.2, 0.25) is 0 Å². The van der Waals surface area contributed by atoms with Crippen LogP contribution in [-0.2, 0) is 19.4 Å². The average molecular weight is 250 g/mol. The van der Waals surface area contributed by atoms with E-state index < -0.39 is 0 Å². The maximum absolute atomic E-state index is 6.24. The zero-order valence-electron chi connectivity index (χ0n) is 11.9. The van der Waals surface area contributed by atoms with Gasteiger partial charge in [-0.05, 0) is 24.7 Å². The second kappa shape index (κ2) is 5.39. The Kier molecular flexibility index (Phi) is 4.05. The molecule has 0 bridgehead atoms. The van der Waals surface area contributed by atoms with Crippen molar-refractivity contribution < 1.29 is 0 Å². The van der Waals surface area contributed by atoms with Crippen LogP contribution in [0.4, 0.5) is 0 Å². The van der Waals surface area contributed by atoms with Crippen molar-refractivity contribution >= 4 is 0 Å². The van der Waals surface area contributed by atoms with E-state index in [0.29, 0.717) is 0 Å². The Balaban J connectivity index is 2.03. The van der Waals surface area contributed by atoms with E-state index in [2.05, 4.69) is 35.5 Å². The van der Waals surface area contributed by atoms with Gasteiger partial charge in [0.1, 0.15) is 11.6 Å². The monoisotopic (exact) mass is 250 g/mol. The molecule has 1 aromatic heterocycles. The lowest BCUT2D eigenvalue weighted by molar-refractivity contribution is 0.334. The fraction of sp³-hybridized carbons (Fsp3) is 0.857. The van der Waals surface area contributed by atoms with Gasteiger partial charge in [-0.2, -0.15) is 0 Å². The first-order valence-corrected chi connectivity index (χ1v) is 7.12. The number of hydrogen-bond acceptors (Lipinski definition) is 3. The first kappa shape index (κ1) is 13.5. The Bertz CT molecular complexity index is 389. The van der Waals surface area contributed by atoms with E-state index in [0.717, 1.165) is 37.5 Å². The van der Waals surface area contributed by atoms with Crippen LogP contribution in [0.15, 0.2) is 0 Å². The first-order chi connectivity index (χ1) is 8.46. The minimum atomic E-state index is 0.182. The van der Waals surface area contributed by atoms with Crippen molar-refractivity contribution in [2.75, 3.05) is 0 Å². The topological polar surface area (TPSA) is 56.7 Å². The molecule has 1 atom stereocenters. The molecule has 1 unspecified atom stereocenters. The summed E-state index contributed by atoms with van der Waals surface area (Å²) in [6.45, 7) is 7.77. The predicted molar refractivity (Wildman–Crippen MR) is 73.3 cm³/mol. The van der Waals surface area contributed by atoms with Crippen LogP contribution >= 0.6 is 0 Å². The predicted octanol–water partition coefficient (Wildman–Crippen LogP) is 2.31. The van der Waals surface area contributed by atoms with Gasteiger partial charge in [0.25, 0.3) is 0 Å². The second-order valence-electron chi connectivity index (χ2n) is 6.72. The van der Waals surface area contributed by atoms with Gasteiger partial charge in [0.05, 0.1) is 0 Å². The van der Waals surface area contributed by atoms with E-state index in [9.17, 15) is 0 Å². The highest BCUT2D eigenvalue weighted by Crippen LogP contribution is 2.22. The molecule has 0 radical (unpaired) electrons. The number of rotatable bonds is 3. The molecular weight excluding hydrogens is 224 g/mol. The van der Waals surface area contributed by atoms with Crippen molar-refractivity contribution in [3.8, 4) is 0 Å². The zero-order valence-corrected chi connectivity index (χ0v) is 11.9. The van der Waals surface area contributed by atoms with Crippen molar-refractivity contribution in [2.24, 2.45) is 11.1 Å². The minimum absolute atomic E-state index is 0.182. The molecule has 0 spiro atoms. The summed E-state index contributed by atoms with van der Waals surface area (Å²) in [6, 6.07) is 0.182. The molecule has 2 rings (SSSR count). The number of hydrogen-bond donors (Lipinski definition) is 1. The molecule has 0 saturated carbocycles. The maximum atomic E-state index is 6.24. The van der Waals surface area contributed by atoms with Crippen LogP contribution in [0.3, 0.4) is 0 Å². The highest BCUT2D eigenvalue weighted by Gasteiger charge is 2.20. The van der Waals surface area contributed by atoms with E-state index >= 15 is 0 Å². The van der Waals surface area contributed by atoms with Crippen LogP contribution in [-0.4, -0.2) is 20.8 Å². The molecule has 102 valence electrons. The van der Waals surface area contributed by atoms with Crippen molar-refractivity contribution in [1.29, 1.82) is 0 Å². The van der Waals surface area contributed by atoms with Crippen LogP contribution in [0, 0.1) is 5.41 Å². The lowest BCUT2D eigenvalue weighted by Crippen LogP contribution is -2.29. The molecule has 0 amide bonds. The van der Waals surface area contributed by atoms with Gasteiger partial charge in [-0.15, -0.1) is 10.2 Å². The van der Waals surface area contributed by atoms with Gasteiger partial charge < -0.3 is 10.3 Å². The van der Waals surface area contributed by atoms with E-state index in [4.69, 9.17) is 5.73 Å². The third kappa shape index (κ3) is 3.55. The Morgan fingerprint density at radius 2 is 2.00 bits per heavy atom. The molecule has 1 aliphatic heterocycles. The Morgan fingerprint density at radius 1 is 1.22 bits per heavy atom. The summed E-state index contributed by atoms with van der Waals surface area (Å²) in [7, 11) is 0. The highest BCUT2D eigenvalue weighted by molar-refractivity contribution is 5.00. The molecule has 2 N–H and O–H groups in total. The van der Waals surface area contributed by atoms with E-state index in [-0.39, 0.29) is 11.5 Å². The number of fused-ring (bicyclic) bond motifs is 1. The molecule has 1 aliphatic rings. The van der Waals surface area contributed by atoms with Gasteiger partial charge in [-0.1, -0.05) is 27.2 Å². The molecule has 1 aromatic rings. The molecule has 0 saturated heterocycles. The van der Waals surface area contributed by atoms with Crippen LogP contribution in [0.1, 0.15) is 58.1 Å². The second-order valence-corrected chi connectivity index (χ2v) is 6.72. The number of nitrogens with zero attached hydrogens (tertiary/aromatic N) is 3. The molecule has 18 heavy (non-hydrogen) atoms. The largest absolute Gasteiger partial charge is 0.327 e. The van der Waals surface area contributed by atoms with Gasteiger partial charge in [-0.25, -0.2) is 0 Å². The van der Waals surface area contributed by atoms with E-state index in [1.807, 2.05) is 0 Å². The normalized spacial score (nSPS) is 18.2. The lowest BCUT2D eigenvalue weighted by atomic mass is 9.87. The van der Waals surface area contributed by atoms with Gasteiger partial charge in [0.15, 0.2) is 0 Å². The minimum Gasteiger partial charge on any atom is -0.327 e. The maximum Gasteiger partial charge on any atom is 0.134 e. The number of aryl methyl sites for hydroxylation is 1. The molecular formula is C14H26N4. The summed E-state index contributed by atoms with van der Waals surface area (Å²) in [5, 5.41) is 8.67. The number of aromatic nitrogens is 3. The van der Waals surface area contributed by atoms with Crippen molar-refractivity contribution in [3.63, 3.8) is 0 Å². The Labute approximate surface area is 110 Å². The number of nitrogens with two attached hydrogens (primary N) is 1. The first-order valence-electron chi connectivity index (χ1n) is 7.12. The molecule has 4 heteroatoms. The van der Waals surface area contributed by atoms with Gasteiger partial charge >= 0.3 is 0 Å². The fourth-order valence-corrected chi connectivity index (χ4v) is 2.79. The fourth-order valence-electron chi connectivity index (χ4n) is 2.79. The summed E-state index contributed by atoms with van der Waals surface area (Å²) in [6.07, 6.45) is 6.73. The molecule has 0 aromatic carbocycles. The molecule has 2 heterocycles. The highest BCUT2D eigenvalue weighted by atomic mass is 15.3. The summed E-state index contributed by atoms with van der Waals surface area (Å²) < 4.78 is 2.30. The van der Waals surface area contributed by atoms with Crippen LogP contribution < -0.4 is 5.73 Å². The van der Waals surface area contributed by atoms with Crippen LogP contribution in [0.5, 0.6) is 0 Å². The van der Waals surface area contributed by atoms with Crippen LogP contribution in [0.2, 0.25) is 0 Å². The smallest absolute Gasteiger partial charge is 0.134 e. The standard InChI is InChI=1S/C14H26N4/c1-14(2,3)10-11(15)9-13-17-16-12-7-5-4-6-8-18(12)13/h11H,4-10,15H2,1-3H3. The third-order valence-corrected chi connectivity index (χ3v) is 3.51. The van der Waals surface area contributed by atoms with Crippen molar-refractivity contribution in [1.82, 2.24) is 14.8 Å². The van der Waals surface area contributed by atoms with Crippen molar-refractivity contribution in [3.05, 3.63) is 11.6 Å². The van der Waals surface area contributed by atoms with Crippen molar-refractivity contribution in [2.45, 2.75) is 71.9 Å². The van der Waals surface area contributed by atoms with E-state index in [1.54, 1.807) is 0 Å². The summed E-state index contributed by atoms with van der Waals surface area (Å²) in [4.78, 5) is 0. The van der Waals surface area contributed by atoms with E-state index in [1.165, 1.54) is 19.3 Å². The molecule has 0 fully saturated rings. The van der Waals surface area contributed by atoms with Gasteiger partial charge in [0, 0.05) is 25.4 Å². The molecule has 4 nitrogen and oxygen atoms in total. The Morgan fingerprint density at radius 3 is 2.72 bits per heavy atom. The summed E-state index contributed by atoms with van der Waals surface area (Å²) >= 11 is 0. The third-order valence-electron chi connectivity index (χ3n) is 3.51. The quantitative estimate of drug-likeness (QED) is 0.895. The lowest BCUT2D eigenvalue weighted by Gasteiger charge is -2.23. The Hall–Kier alpha value is -0.900. The summed E-state index contributed by atoms with van der Waals surface area (Å²) in [5.41, 5.74) is 6.52. The zero-order chi connectivity index (χ0) is 13.2. The molecule has 0 aliphatic carbocycles. The van der Waals surface area contributed by atoms with Gasteiger partial charge in [-0.3, -0.25) is 0 Å².